The van der Waals surface area contributed by atoms with Crippen molar-refractivity contribution in [1.29, 1.82) is 0 Å². The lowest BCUT2D eigenvalue weighted by atomic mass is 10.1. The van der Waals surface area contributed by atoms with Gasteiger partial charge in [-0.3, -0.25) is 0 Å². The lowest BCUT2D eigenvalue weighted by Crippen LogP contribution is -2.80. The quantitative estimate of drug-likeness (QED) is 0.875. The second kappa shape index (κ2) is 6.96. The molecule has 0 aromatic heterocycles. The summed E-state index contributed by atoms with van der Waals surface area (Å²) in [7, 11) is 3.35. The molecule has 0 radical (unpaired) electrons. The van der Waals surface area contributed by atoms with Crippen LogP contribution >= 0.6 is 0 Å². The van der Waals surface area contributed by atoms with Gasteiger partial charge in [0, 0.05) is 5.56 Å². The molecule has 20 heavy (non-hydrogen) atoms. The minimum absolute atomic E-state index is 0.786. The van der Waals surface area contributed by atoms with E-state index in [2.05, 4.69) is 42.6 Å². The summed E-state index contributed by atoms with van der Waals surface area (Å²) in [6.45, 7) is 3.93. The van der Waals surface area contributed by atoms with E-state index in [0.29, 0.717) is 0 Å². The molecule has 0 unspecified atom stereocenters. The molecule has 0 atom stereocenters. The first kappa shape index (κ1) is 14.4. The van der Waals surface area contributed by atoms with Crippen molar-refractivity contribution in [2.24, 2.45) is 0 Å². The van der Waals surface area contributed by atoms with E-state index in [1.165, 1.54) is 11.1 Å². The van der Waals surface area contributed by atoms with Crippen molar-refractivity contribution in [2.75, 3.05) is 14.2 Å². The molecule has 0 fully saturated rings. The summed E-state index contributed by atoms with van der Waals surface area (Å²) < 4.78 is 10.8. The van der Waals surface area contributed by atoms with Crippen molar-refractivity contribution >= 4 is 0 Å². The molecule has 106 valence electrons. The van der Waals surface area contributed by atoms with E-state index in [1.54, 1.807) is 14.2 Å². The summed E-state index contributed by atoms with van der Waals surface area (Å²) in [6.07, 6.45) is 0. The molecule has 0 bridgehead atoms. The number of methoxy groups -OCH3 is 2. The summed E-state index contributed by atoms with van der Waals surface area (Å²) in [5.74, 6) is 1.61. The standard InChI is InChI=1S/C17H21NO2/c1-13-7-9-14(10-8-13)11-18-12-15-5-4-6-16(19-2)17(15)20-3/h4-10,18H,11-12H2,1-3H3/p+1. The van der Waals surface area contributed by atoms with Gasteiger partial charge in [-0.1, -0.05) is 35.9 Å². The van der Waals surface area contributed by atoms with Crippen LogP contribution < -0.4 is 14.8 Å². The Morgan fingerprint density at radius 3 is 2.30 bits per heavy atom. The van der Waals surface area contributed by atoms with Gasteiger partial charge in [-0.15, -0.1) is 0 Å². The third kappa shape index (κ3) is 3.52. The number of rotatable bonds is 6. The Kier molecular flexibility index (Phi) is 5.02. The van der Waals surface area contributed by atoms with Crippen LogP contribution in [0.4, 0.5) is 0 Å². The number of para-hydroxylation sites is 1. The molecule has 2 rings (SSSR count). The molecule has 3 nitrogen and oxygen atoms in total. The highest BCUT2D eigenvalue weighted by Gasteiger charge is 2.10. The van der Waals surface area contributed by atoms with Gasteiger partial charge in [0.1, 0.15) is 13.1 Å². The summed E-state index contributed by atoms with van der Waals surface area (Å²) in [4.78, 5) is 0. The second-order valence-electron chi connectivity index (χ2n) is 4.84. The van der Waals surface area contributed by atoms with E-state index in [1.807, 2.05) is 12.1 Å². The summed E-state index contributed by atoms with van der Waals surface area (Å²) in [5, 5.41) is 2.27. The maximum Gasteiger partial charge on any atom is 0.169 e. The van der Waals surface area contributed by atoms with Gasteiger partial charge in [0.2, 0.25) is 0 Å². The monoisotopic (exact) mass is 272 g/mol. The summed E-state index contributed by atoms with van der Waals surface area (Å²) in [6, 6.07) is 14.6. The van der Waals surface area contributed by atoms with E-state index in [-0.39, 0.29) is 0 Å². The lowest BCUT2D eigenvalue weighted by Gasteiger charge is -2.11. The largest absolute Gasteiger partial charge is 0.493 e. The molecule has 0 saturated carbocycles. The van der Waals surface area contributed by atoms with Crippen molar-refractivity contribution in [3.8, 4) is 11.5 Å². The first-order chi connectivity index (χ1) is 9.74. The lowest BCUT2D eigenvalue weighted by molar-refractivity contribution is -0.686. The molecule has 0 saturated heterocycles. The first-order valence-electron chi connectivity index (χ1n) is 6.81. The highest BCUT2D eigenvalue weighted by molar-refractivity contribution is 5.46. The third-order valence-electron chi connectivity index (χ3n) is 3.35. The van der Waals surface area contributed by atoms with Crippen LogP contribution in [-0.2, 0) is 13.1 Å². The van der Waals surface area contributed by atoms with Crippen molar-refractivity contribution in [2.45, 2.75) is 20.0 Å². The fourth-order valence-corrected chi connectivity index (χ4v) is 2.23. The van der Waals surface area contributed by atoms with Crippen LogP contribution in [0.25, 0.3) is 0 Å². The molecule has 3 heteroatoms. The van der Waals surface area contributed by atoms with Crippen LogP contribution in [0.15, 0.2) is 42.5 Å². The van der Waals surface area contributed by atoms with Crippen LogP contribution in [0.2, 0.25) is 0 Å². The van der Waals surface area contributed by atoms with Crippen molar-refractivity contribution < 1.29 is 14.8 Å². The van der Waals surface area contributed by atoms with Crippen LogP contribution in [-0.4, -0.2) is 14.2 Å². The Bertz CT molecular complexity index is 549. The number of ether oxygens (including phenoxy) is 2. The van der Waals surface area contributed by atoms with E-state index in [9.17, 15) is 0 Å². The second-order valence-corrected chi connectivity index (χ2v) is 4.84. The highest BCUT2D eigenvalue weighted by Crippen LogP contribution is 2.29. The third-order valence-corrected chi connectivity index (χ3v) is 3.35. The van der Waals surface area contributed by atoms with Gasteiger partial charge in [-0.25, -0.2) is 0 Å². The molecular formula is C17H22NO2+. The summed E-state index contributed by atoms with van der Waals surface area (Å²) >= 11 is 0. The topological polar surface area (TPSA) is 35.1 Å². The number of nitrogens with two attached hydrogens (primary N) is 1. The number of aryl methyl sites for hydroxylation is 1. The molecule has 2 aromatic carbocycles. The Morgan fingerprint density at radius 1 is 0.900 bits per heavy atom. The molecule has 2 N–H and O–H groups in total. The van der Waals surface area contributed by atoms with E-state index >= 15 is 0 Å². The van der Waals surface area contributed by atoms with Crippen molar-refractivity contribution in [3.05, 3.63) is 59.2 Å². The average Bonchev–Trinajstić information content (AvgIpc) is 2.49. The van der Waals surface area contributed by atoms with Gasteiger partial charge in [0.25, 0.3) is 0 Å². The van der Waals surface area contributed by atoms with Gasteiger partial charge < -0.3 is 14.8 Å². The van der Waals surface area contributed by atoms with E-state index in [4.69, 9.17) is 9.47 Å². The Morgan fingerprint density at radius 2 is 1.65 bits per heavy atom. The normalized spacial score (nSPS) is 10.3. The predicted octanol–water partition coefficient (Wildman–Crippen LogP) is 2.28. The zero-order valence-electron chi connectivity index (χ0n) is 12.3. The molecule has 0 aliphatic rings. The number of quaternary nitrogens is 1. The van der Waals surface area contributed by atoms with Crippen LogP contribution in [0.1, 0.15) is 16.7 Å². The Hall–Kier alpha value is -2.00. The van der Waals surface area contributed by atoms with Crippen LogP contribution in [0, 0.1) is 6.92 Å². The fraction of sp³-hybridized carbons (Fsp3) is 0.294. The maximum absolute atomic E-state index is 5.44. The molecule has 2 aromatic rings. The molecule has 0 spiro atoms. The Balaban J connectivity index is 1.98. The molecule has 0 amide bonds. The number of hydrogen-bond donors (Lipinski definition) is 1. The zero-order valence-corrected chi connectivity index (χ0v) is 12.3. The average molecular weight is 272 g/mol. The van der Waals surface area contributed by atoms with Crippen molar-refractivity contribution in [1.82, 2.24) is 0 Å². The fourth-order valence-electron chi connectivity index (χ4n) is 2.23. The molecule has 0 aliphatic carbocycles. The smallest absolute Gasteiger partial charge is 0.169 e. The van der Waals surface area contributed by atoms with Crippen molar-refractivity contribution in [3.63, 3.8) is 0 Å². The van der Waals surface area contributed by atoms with Crippen LogP contribution in [0.5, 0.6) is 11.5 Å². The number of hydrogen-bond acceptors (Lipinski definition) is 2. The first-order valence-corrected chi connectivity index (χ1v) is 6.81. The Labute approximate surface area is 120 Å². The van der Waals surface area contributed by atoms with Gasteiger partial charge in [0.15, 0.2) is 11.5 Å². The highest BCUT2D eigenvalue weighted by atomic mass is 16.5. The van der Waals surface area contributed by atoms with Gasteiger partial charge in [0.05, 0.1) is 19.8 Å². The SMILES string of the molecule is COc1cccc(C[NH2+]Cc2ccc(C)cc2)c1OC. The minimum Gasteiger partial charge on any atom is -0.493 e. The van der Waals surface area contributed by atoms with E-state index in [0.717, 1.165) is 30.2 Å². The summed E-state index contributed by atoms with van der Waals surface area (Å²) in [5.41, 5.74) is 3.78. The molecular weight excluding hydrogens is 250 g/mol. The predicted molar refractivity (Wildman–Crippen MR) is 80.1 cm³/mol. The van der Waals surface area contributed by atoms with Gasteiger partial charge in [-0.2, -0.15) is 0 Å². The maximum atomic E-state index is 5.44. The zero-order chi connectivity index (χ0) is 14.4. The van der Waals surface area contributed by atoms with Crippen LogP contribution in [0.3, 0.4) is 0 Å². The molecule has 0 aliphatic heterocycles. The van der Waals surface area contributed by atoms with Gasteiger partial charge in [-0.05, 0) is 19.1 Å². The van der Waals surface area contributed by atoms with Gasteiger partial charge >= 0.3 is 0 Å². The van der Waals surface area contributed by atoms with E-state index < -0.39 is 0 Å². The molecule has 0 heterocycles. The minimum atomic E-state index is 0.786. The number of benzene rings is 2.